The third-order valence-corrected chi connectivity index (χ3v) is 9.25. The molecule has 2 heterocycles. The lowest BCUT2D eigenvalue weighted by molar-refractivity contribution is -0.422. The number of Topliss-reactive ketones (excluding diaryl/α,β-unsaturated/α-hetero) is 1. The highest BCUT2D eigenvalue weighted by Gasteiger charge is 2.74. The molecule has 2 saturated heterocycles. The fourth-order valence-corrected chi connectivity index (χ4v) is 7.78. The van der Waals surface area contributed by atoms with Crippen LogP contribution < -0.4 is 0 Å². The summed E-state index contributed by atoms with van der Waals surface area (Å²) in [5.41, 5.74) is 0.194. The van der Waals surface area contributed by atoms with E-state index < -0.39 is 0 Å². The van der Waals surface area contributed by atoms with Crippen LogP contribution in [0.2, 0.25) is 0 Å². The van der Waals surface area contributed by atoms with E-state index in [4.69, 9.17) is 9.47 Å². The van der Waals surface area contributed by atoms with Gasteiger partial charge in [0.05, 0.1) is 5.60 Å². The molecule has 6 aliphatic rings. The van der Waals surface area contributed by atoms with E-state index in [2.05, 4.69) is 13.8 Å². The van der Waals surface area contributed by atoms with Crippen LogP contribution in [0.4, 0.5) is 0 Å². The predicted molar refractivity (Wildman–Crippen MR) is 86.8 cm³/mol. The number of methoxy groups -OCH3 is 1. The molecule has 0 aromatic carbocycles. The van der Waals surface area contributed by atoms with E-state index in [1.165, 1.54) is 19.3 Å². The highest BCUT2D eigenvalue weighted by atomic mass is 16.7. The van der Waals surface area contributed by atoms with E-state index in [1.54, 1.807) is 0 Å². The zero-order valence-corrected chi connectivity index (χ0v) is 14.8. The van der Waals surface area contributed by atoms with E-state index in [1.807, 2.05) is 7.11 Å². The number of carbonyl (C=O) groups excluding carboxylic acids is 1. The van der Waals surface area contributed by atoms with E-state index in [0.29, 0.717) is 23.0 Å². The molecule has 7 atom stereocenters. The molecule has 0 aromatic rings. The van der Waals surface area contributed by atoms with Crippen molar-refractivity contribution >= 4 is 5.78 Å². The Morgan fingerprint density at radius 1 is 1.04 bits per heavy atom. The topological polar surface area (TPSA) is 35.5 Å². The average molecular weight is 318 g/mol. The van der Waals surface area contributed by atoms with Crippen molar-refractivity contribution in [3.05, 3.63) is 0 Å². The number of rotatable bonds is 1. The molecule has 3 nitrogen and oxygen atoms in total. The second-order valence-electron chi connectivity index (χ2n) is 9.59. The van der Waals surface area contributed by atoms with E-state index in [9.17, 15) is 4.79 Å². The number of hydrogen-bond donors (Lipinski definition) is 0. The van der Waals surface area contributed by atoms with Gasteiger partial charge in [-0.3, -0.25) is 4.79 Å². The standard InChI is InChI=1S/C20H30O3/c1-17-8-11-20-15(14(17)6-7-16(17)21)5-4-13-12-19(22-3,23-20)10-9-18(13,20)2/h13-15H,4-12H2,1-3H3/t13?,14?,15?,17-,18-,19-,20+/m0/s1. The molecule has 6 rings (SSSR count). The first kappa shape index (κ1) is 14.9. The summed E-state index contributed by atoms with van der Waals surface area (Å²) in [6.07, 6.45) is 9.89. The quantitative estimate of drug-likeness (QED) is 0.730. The zero-order valence-electron chi connectivity index (χ0n) is 14.8. The lowest BCUT2D eigenvalue weighted by Gasteiger charge is -2.73. The maximum Gasteiger partial charge on any atom is 0.169 e. The fourth-order valence-electron chi connectivity index (χ4n) is 7.78. The first-order valence-electron chi connectivity index (χ1n) is 9.68. The summed E-state index contributed by atoms with van der Waals surface area (Å²) in [6, 6.07) is 0. The molecule has 128 valence electrons. The third-order valence-electron chi connectivity index (χ3n) is 9.25. The Kier molecular flexibility index (Phi) is 2.73. The highest BCUT2D eigenvalue weighted by molar-refractivity contribution is 5.87. The molecule has 0 amide bonds. The minimum Gasteiger partial charge on any atom is -0.353 e. The van der Waals surface area contributed by atoms with Gasteiger partial charge in [-0.15, -0.1) is 0 Å². The van der Waals surface area contributed by atoms with Crippen LogP contribution in [0.3, 0.4) is 0 Å². The molecule has 0 radical (unpaired) electrons. The maximum absolute atomic E-state index is 12.6. The molecule has 4 bridgehead atoms. The predicted octanol–water partition coefficient (Wildman–Crippen LogP) is 4.09. The van der Waals surface area contributed by atoms with E-state index in [0.717, 1.165) is 44.4 Å². The molecular formula is C20H30O3. The average Bonchev–Trinajstić information content (AvgIpc) is 2.83. The van der Waals surface area contributed by atoms with Gasteiger partial charge in [0.1, 0.15) is 5.78 Å². The van der Waals surface area contributed by atoms with Crippen molar-refractivity contribution in [1.82, 2.24) is 0 Å². The number of fused-ring (bicyclic) bond motifs is 3. The van der Waals surface area contributed by atoms with Crippen LogP contribution in [0.5, 0.6) is 0 Å². The number of hydrogen-bond acceptors (Lipinski definition) is 3. The van der Waals surface area contributed by atoms with Gasteiger partial charge >= 0.3 is 0 Å². The SMILES string of the molecule is CO[C@@]12CC[C@@]3(C)C(CCC4C5CCC(=O)[C@@]5(C)CC[C@@]43O1)C2. The van der Waals surface area contributed by atoms with Gasteiger partial charge < -0.3 is 9.47 Å². The van der Waals surface area contributed by atoms with E-state index in [-0.39, 0.29) is 16.8 Å². The Hall–Kier alpha value is -0.410. The van der Waals surface area contributed by atoms with Gasteiger partial charge in [-0.2, -0.15) is 0 Å². The Bertz CT molecular complexity index is 573. The van der Waals surface area contributed by atoms with Crippen LogP contribution >= 0.6 is 0 Å². The van der Waals surface area contributed by atoms with Gasteiger partial charge in [0.15, 0.2) is 5.79 Å². The minimum atomic E-state index is -0.336. The molecule has 0 N–H and O–H groups in total. The van der Waals surface area contributed by atoms with Crippen molar-refractivity contribution in [3.63, 3.8) is 0 Å². The molecule has 3 unspecified atom stereocenters. The Labute approximate surface area is 139 Å². The smallest absolute Gasteiger partial charge is 0.169 e. The van der Waals surface area contributed by atoms with Crippen LogP contribution in [0, 0.1) is 28.6 Å². The molecule has 4 aliphatic carbocycles. The first-order valence-corrected chi connectivity index (χ1v) is 9.68. The Balaban J connectivity index is 1.62. The Morgan fingerprint density at radius 3 is 2.65 bits per heavy atom. The normalized spacial score (nSPS) is 60.5. The van der Waals surface area contributed by atoms with Crippen LogP contribution in [0.15, 0.2) is 0 Å². The fraction of sp³-hybridized carbons (Fsp3) is 0.950. The lowest BCUT2D eigenvalue weighted by atomic mass is 9.41. The molecule has 4 saturated carbocycles. The van der Waals surface area contributed by atoms with Gasteiger partial charge in [0, 0.05) is 37.2 Å². The van der Waals surface area contributed by atoms with Gasteiger partial charge in [0.2, 0.25) is 0 Å². The van der Waals surface area contributed by atoms with Crippen LogP contribution in [-0.4, -0.2) is 24.3 Å². The van der Waals surface area contributed by atoms with Crippen molar-refractivity contribution < 1.29 is 14.3 Å². The highest BCUT2D eigenvalue weighted by Crippen LogP contribution is 2.73. The largest absolute Gasteiger partial charge is 0.353 e. The lowest BCUT2D eigenvalue weighted by Crippen LogP contribution is -2.74. The summed E-state index contributed by atoms with van der Waals surface area (Å²) < 4.78 is 12.9. The van der Waals surface area contributed by atoms with Gasteiger partial charge in [-0.25, -0.2) is 0 Å². The summed E-state index contributed by atoms with van der Waals surface area (Å²) in [5, 5.41) is 0. The summed E-state index contributed by atoms with van der Waals surface area (Å²) in [4.78, 5) is 12.6. The van der Waals surface area contributed by atoms with Gasteiger partial charge in [-0.05, 0) is 56.3 Å². The van der Waals surface area contributed by atoms with Gasteiger partial charge in [-0.1, -0.05) is 13.8 Å². The number of carbonyl (C=O) groups is 1. The molecule has 0 aromatic heterocycles. The number of ketones is 1. The monoisotopic (exact) mass is 318 g/mol. The maximum atomic E-state index is 12.6. The van der Waals surface area contributed by atoms with Crippen molar-refractivity contribution in [2.45, 2.75) is 83.0 Å². The van der Waals surface area contributed by atoms with Crippen molar-refractivity contribution in [2.24, 2.45) is 28.6 Å². The molecule has 6 fully saturated rings. The summed E-state index contributed by atoms with van der Waals surface area (Å²) in [6.45, 7) is 4.75. The minimum absolute atomic E-state index is 0.0305. The summed E-state index contributed by atoms with van der Waals surface area (Å²) in [7, 11) is 1.83. The van der Waals surface area contributed by atoms with Crippen LogP contribution in [0.1, 0.15) is 71.6 Å². The molecule has 2 aliphatic heterocycles. The second-order valence-corrected chi connectivity index (χ2v) is 9.59. The van der Waals surface area contributed by atoms with Crippen LogP contribution in [0.25, 0.3) is 0 Å². The van der Waals surface area contributed by atoms with Gasteiger partial charge in [0.25, 0.3) is 0 Å². The van der Waals surface area contributed by atoms with E-state index >= 15 is 0 Å². The molecular weight excluding hydrogens is 288 g/mol. The molecule has 3 heteroatoms. The molecule has 1 spiro atoms. The Morgan fingerprint density at radius 2 is 1.87 bits per heavy atom. The third kappa shape index (κ3) is 1.49. The summed E-state index contributed by atoms with van der Waals surface area (Å²) in [5.74, 6) is 2.02. The second kappa shape index (κ2) is 4.22. The van der Waals surface area contributed by atoms with Crippen molar-refractivity contribution in [3.8, 4) is 0 Å². The van der Waals surface area contributed by atoms with Crippen molar-refractivity contribution in [2.75, 3.05) is 7.11 Å². The van der Waals surface area contributed by atoms with Crippen molar-refractivity contribution in [1.29, 1.82) is 0 Å². The number of ether oxygens (including phenoxy) is 2. The zero-order chi connectivity index (χ0) is 16.1. The van der Waals surface area contributed by atoms with Crippen LogP contribution in [-0.2, 0) is 14.3 Å². The summed E-state index contributed by atoms with van der Waals surface area (Å²) >= 11 is 0. The molecule has 23 heavy (non-hydrogen) atoms. The first-order chi connectivity index (χ1) is 10.9.